The Morgan fingerprint density at radius 2 is 2.15 bits per heavy atom. The van der Waals surface area contributed by atoms with E-state index in [1.165, 1.54) is 18.4 Å². The maximum atomic E-state index is 6.07. The lowest BCUT2D eigenvalue weighted by molar-refractivity contribution is 0.277. The minimum absolute atomic E-state index is 0.694. The molecular formula is C16H25N3O. The Morgan fingerprint density at radius 3 is 2.85 bits per heavy atom. The summed E-state index contributed by atoms with van der Waals surface area (Å²) in [6, 6.07) is 8.11. The number of aliphatic imine (C=N–C) groups is 1. The molecule has 110 valence electrons. The molecule has 0 saturated carbocycles. The third-order valence-electron chi connectivity index (χ3n) is 3.92. The molecule has 1 aromatic carbocycles. The fourth-order valence-corrected chi connectivity index (χ4v) is 2.47. The number of benzene rings is 1. The normalized spacial score (nSPS) is 17.3. The Hall–Kier alpha value is -1.71. The van der Waals surface area contributed by atoms with Crippen LogP contribution >= 0.6 is 0 Å². The Bertz CT molecular complexity index is 451. The van der Waals surface area contributed by atoms with Crippen molar-refractivity contribution in [1.29, 1.82) is 0 Å². The molecule has 0 radical (unpaired) electrons. The Morgan fingerprint density at radius 1 is 1.40 bits per heavy atom. The zero-order chi connectivity index (χ0) is 14.4. The zero-order valence-corrected chi connectivity index (χ0v) is 12.5. The number of nitrogens with two attached hydrogens (primary N) is 1. The molecule has 1 aliphatic rings. The van der Waals surface area contributed by atoms with E-state index in [1.807, 2.05) is 18.2 Å². The van der Waals surface area contributed by atoms with E-state index in [1.54, 1.807) is 7.11 Å². The number of likely N-dealkylation sites (tertiary alicyclic amines) is 1. The molecule has 0 bridgehead atoms. The first-order valence-electron chi connectivity index (χ1n) is 7.37. The number of methoxy groups -OCH3 is 1. The second kappa shape index (κ2) is 7.17. The van der Waals surface area contributed by atoms with Gasteiger partial charge in [0.2, 0.25) is 0 Å². The molecule has 1 aromatic rings. The van der Waals surface area contributed by atoms with Crippen molar-refractivity contribution in [2.75, 3.05) is 26.7 Å². The van der Waals surface area contributed by atoms with Crippen molar-refractivity contribution >= 4 is 5.96 Å². The fraction of sp³-hybridized carbons (Fsp3) is 0.562. The minimum Gasteiger partial charge on any atom is -0.497 e. The minimum atomic E-state index is 0.694. The van der Waals surface area contributed by atoms with E-state index >= 15 is 0 Å². The predicted molar refractivity (Wildman–Crippen MR) is 83.2 cm³/mol. The van der Waals surface area contributed by atoms with E-state index in [2.05, 4.69) is 22.9 Å². The lowest BCUT2D eigenvalue weighted by atomic mass is 10.00. The van der Waals surface area contributed by atoms with Gasteiger partial charge in [-0.1, -0.05) is 19.1 Å². The second-order valence-electron chi connectivity index (χ2n) is 5.51. The molecule has 4 nitrogen and oxygen atoms in total. The summed E-state index contributed by atoms with van der Waals surface area (Å²) in [4.78, 5) is 6.70. The smallest absolute Gasteiger partial charge is 0.191 e. The van der Waals surface area contributed by atoms with Crippen LogP contribution in [0.25, 0.3) is 0 Å². The summed E-state index contributed by atoms with van der Waals surface area (Å²) >= 11 is 0. The molecule has 0 amide bonds. The number of nitrogens with zero attached hydrogens (tertiary/aromatic N) is 2. The highest BCUT2D eigenvalue weighted by atomic mass is 16.5. The largest absolute Gasteiger partial charge is 0.497 e. The summed E-state index contributed by atoms with van der Waals surface area (Å²) in [5.41, 5.74) is 7.30. The first kappa shape index (κ1) is 14.7. The number of hydrogen-bond donors (Lipinski definition) is 1. The van der Waals surface area contributed by atoms with Crippen LogP contribution in [0.3, 0.4) is 0 Å². The number of piperidine rings is 1. The molecule has 0 atom stereocenters. The zero-order valence-electron chi connectivity index (χ0n) is 12.5. The van der Waals surface area contributed by atoms with Crippen LogP contribution in [-0.2, 0) is 6.42 Å². The molecular weight excluding hydrogens is 250 g/mol. The Balaban J connectivity index is 1.82. The third-order valence-corrected chi connectivity index (χ3v) is 3.92. The van der Waals surface area contributed by atoms with Crippen LogP contribution in [0, 0.1) is 5.92 Å². The lowest BCUT2D eigenvalue weighted by Crippen LogP contribution is -2.42. The molecule has 2 N–H and O–H groups in total. The van der Waals surface area contributed by atoms with E-state index in [0.29, 0.717) is 5.96 Å². The first-order chi connectivity index (χ1) is 9.69. The molecule has 0 unspecified atom stereocenters. The van der Waals surface area contributed by atoms with Gasteiger partial charge in [-0.15, -0.1) is 0 Å². The van der Waals surface area contributed by atoms with E-state index in [9.17, 15) is 0 Å². The highest BCUT2D eigenvalue weighted by molar-refractivity contribution is 5.78. The Labute approximate surface area is 121 Å². The van der Waals surface area contributed by atoms with Gasteiger partial charge in [-0.2, -0.15) is 0 Å². The number of rotatable bonds is 4. The fourth-order valence-electron chi connectivity index (χ4n) is 2.47. The van der Waals surface area contributed by atoms with Crippen molar-refractivity contribution < 1.29 is 4.74 Å². The maximum Gasteiger partial charge on any atom is 0.191 e. The third kappa shape index (κ3) is 4.15. The van der Waals surface area contributed by atoms with Crippen molar-refractivity contribution in [2.45, 2.75) is 26.2 Å². The molecule has 1 fully saturated rings. The van der Waals surface area contributed by atoms with Gasteiger partial charge in [0.15, 0.2) is 5.96 Å². The van der Waals surface area contributed by atoms with Gasteiger partial charge in [-0.05, 0) is 42.9 Å². The van der Waals surface area contributed by atoms with Crippen molar-refractivity contribution in [3.63, 3.8) is 0 Å². The van der Waals surface area contributed by atoms with Crippen LogP contribution in [0.5, 0.6) is 5.75 Å². The standard InChI is InChI=1S/C16H25N3O/c1-13-7-10-19(11-8-13)16(17)18-9-6-14-4-3-5-15(12-14)20-2/h3-5,12-13H,6-11H2,1-2H3,(H2,17,18). The Kier molecular flexibility index (Phi) is 5.27. The highest BCUT2D eigenvalue weighted by Gasteiger charge is 2.16. The molecule has 1 aliphatic heterocycles. The van der Waals surface area contributed by atoms with Gasteiger partial charge in [0, 0.05) is 19.6 Å². The predicted octanol–water partition coefficient (Wildman–Crippen LogP) is 2.28. The van der Waals surface area contributed by atoms with Gasteiger partial charge >= 0.3 is 0 Å². The van der Waals surface area contributed by atoms with Gasteiger partial charge < -0.3 is 15.4 Å². The van der Waals surface area contributed by atoms with Crippen LogP contribution < -0.4 is 10.5 Å². The molecule has 0 spiro atoms. The quantitative estimate of drug-likeness (QED) is 0.677. The van der Waals surface area contributed by atoms with Crippen LogP contribution in [0.2, 0.25) is 0 Å². The molecule has 2 rings (SSSR count). The summed E-state index contributed by atoms with van der Waals surface area (Å²) in [6.45, 7) is 5.10. The van der Waals surface area contributed by atoms with Gasteiger partial charge in [0.25, 0.3) is 0 Å². The van der Waals surface area contributed by atoms with Crippen LogP contribution in [0.4, 0.5) is 0 Å². The summed E-state index contributed by atoms with van der Waals surface area (Å²) in [5.74, 6) is 2.40. The van der Waals surface area contributed by atoms with E-state index in [0.717, 1.165) is 37.7 Å². The number of hydrogen-bond acceptors (Lipinski definition) is 2. The van der Waals surface area contributed by atoms with E-state index in [-0.39, 0.29) is 0 Å². The topological polar surface area (TPSA) is 50.9 Å². The molecule has 4 heteroatoms. The maximum absolute atomic E-state index is 6.07. The summed E-state index contributed by atoms with van der Waals surface area (Å²) in [5, 5.41) is 0. The van der Waals surface area contributed by atoms with Crippen molar-refractivity contribution in [1.82, 2.24) is 4.90 Å². The lowest BCUT2D eigenvalue weighted by Gasteiger charge is -2.31. The van der Waals surface area contributed by atoms with Crippen molar-refractivity contribution in [3.8, 4) is 5.75 Å². The second-order valence-corrected chi connectivity index (χ2v) is 5.51. The monoisotopic (exact) mass is 275 g/mol. The molecule has 1 saturated heterocycles. The summed E-state index contributed by atoms with van der Waals surface area (Å²) in [7, 11) is 1.69. The number of ether oxygens (including phenoxy) is 1. The van der Waals surface area contributed by atoms with Crippen molar-refractivity contribution in [3.05, 3.63) is 29.8 Å². The summed E-state index contributed by atoms with van der Waals surface area (Å²) < 4.78 is 5.22. The first-order valence-corrected chi connectivity index (χ1v) is 7.37. The van der Waals surface area contributed by atoms with E-state index in [4.69, 9.17) is 10.5 Å². The molecule has 0 aliphatic carbocycles. The summed E-state index contributed by atoms with van der Waals surface area (Å²) in [6.07, 6.45) is 3.32. The van der Waals surface area contributed by atoms with Crippen LogP contribution in [-0.4, -0.2) is 37.6 Å². The molecule has 1 heterocycles. The van der Waals surface area contributed by atoms with Gasteiger partial charge in [-0.3, -0.25) is 4.99 Å². The highest BCUT2D eigenvalue weighted by Crippen LogP contribution is 2.16. The van der Waals surface area contributed by atoms with Gasteiger partial charge in [0.05, 0.1) is 7.11 Å². The van der Waals surface area contributed by atoms with Crippen LogP contribution in [0.15, 0.2) is 29.3 Å². The van der Waals surface area contributed by atoms with Gasteiger partial charge in [0.1, 0.15) is 5.75 Å². The van der Waals surface area contributed by atoms with Crippen LogP contribution in [0.1, 0.15) is 25.3 Å². The van der Waals surface area contributed by atoms with Gasteiger partial charge in [-0.25, -0.2) is 0 Å². The van der Waals surface area contributed by atoms with E-state index < -0.39 is 0 Å². The average molecular weight is 275 g/mol. The number of guanidine groups is 1. The molecule has 0 aromatic heterocycles. The molecule has 20 heavy (non-hydrogen) atoms. The van der Waals surface area contributed by atoms with Crippen molar-refractivity contribution in [2.24, 2.45) is 16.6 Å². The SMILES string of the molecule is COc1cccc(CCN=C(N)N2CCC(C)CC2)c1. The average Bonchev–Trinajstić information content (AvgIpc) is 2.48.